The van der Waals surface area contributed by atoms with E-state index < -0.39 is 11.5 Å². The van der Waals surface area contributed by atoms with Crippen LogP contribution < -0.4 is 0 Å². The van der Waals surface area contributed by atoms with Gasteiger partial charge >= 0.3 is 5.97 Å². The lowest BCUT2D eigenvalue weighted by molar-refractivity contribution is -0.141. The van der Waals surface area contributed by atoms with Crippen LogP contribution in [-0.2, 0) is 4.79 Å². The van der Waals surface area contributed by atoms with E-state index in [4.69, 9.17) is 22.0 Å². The summed E-state index contributed by atoms with van der Waals surface area (Å²) in [7, 11) is 0. The van der Waals surface area contributed by atoms with Crippen molar-refractivity contribution in [3.8, 4) is 6.07 Å². The smallest absolute Gasteiger partial charge is 0.348 e. The molecule has 0 aliphatic carbocycles. The molecule has 0 amide bonds. The van der Waals surface area contributed by atoms with Gasteiger partial charge in [0, 0.05) is 5.02 Å². The molecule has 5 nitrogen and oxygen atoms in total. The SMILES string of the molecule is CCC(C#N)(N=Nc1ccc(Cl)cc1)C(=O)O. The minimum atomic E-state index is -1.82. The van der Waals surface area contributed by atoms with Gasteiger partial charge in [0.1, 0.15) is 6.07 Å². The van der Waals surface area contributed by atoms with E-state index in [1.807, 2.05) is 0 Å². The van der Waals surface area contributed by atoms with Crippen LogP contribution in [0.3, 0.4) is 0 Å². The number of aliphatic carboxylic acids is 1. The molecule has 17 heavy (non-hydrogen) atoms. The molecule has 1 atom stereocenters. The third kappa shape index (κ3) is 3.02. The Labute approximate surface area is 103 Å². The van der Waals surface area contributed by atoms with Gasteiger partial charge in [-0.05, 0) is 30.7 Å². The molecule has 0 aliphatic rings. The highest BCUT2D eigenvalue weighted by Gasteiger charge is 2.37. The second-order valence-electron chi connectivity index (χ2n) is 3.31. The van der Waals surface area contributed by atoms with Crippen LogP contribution in [-0.4, -0.2) is 16.6 Å². The summed E-state index contributed by atoms with van der Waals surface area (Å²) in [5.74, 6) is -1.31. The van der Waals surface area contributed by atoms with Crippen molar-refractivity contribution in [1.29, 1.82) is 5.26 Å². The molecule has 1 unspecified atom stereocenters. The number of benzene rings is 1. The molecule has 0 bridgehead atoms. The van der Waals surface area contributed by atoms with Crippen LogP contribution in [0.5, 0.6) is 0 Å². The van der Waals surface area contributed by atoms with Crippen LogP contribution in [0.25, 0.3) is 0 Å². The van der Waals surface area contributed by atoms with E-state index in [1.54, 1.807) is 37.3 Å². The summed E-state index contributed by atoms with van der Waals surface area (Å²) in [6.45, 7) is 1.57. The van der Waals surface area contributed by atoms with Crippen LogP contribution in [0.15, 0.2) is 34.5 Å². The second kappa shape index (κ2) is 5.41. The largest absolute Gasteiger partial charge is 0.479 e. The fourth-order valence-corrected chi connectivity index (χ4v) is 1.19. The first-order valence-corrected chi connectivity index (χ1v) is 5.25. The van der Waals surface area contributed by atoms with Crippen molar-refractivity contribution in [3.05, 3.63) is 29.3 Å². The van der Waals surface area contributed by atoms with E-state index in [0.717, 1.165) is 0 Å². The standard InChI is InChI=1S/C11H10ClN3O2/c1-2-11(7-13,10(16)17)15-14-9-5-3-8(12)4-6-9/h3-6H,2H2,1H3,(H,16,17). The van der Waals surface area contributed by atoms with Crippen molar-refractivity contribution in [3.63, 3.8) is 0 Å². The van der Waals surface area contributed by atoms with Crippen molar-refractivity contribution in [1.82, 2.24) is 0 Å². The minimum absolute atomic E-state index is 0.0515. The number of carbonyl (C=O) groups is 1. The Morgan fingerprint density at radius 2 is 2.12 bits per heavy atom. The third-order valence-corrected chi connectivity index (χ3v) is 2.47. The molecule has 0 radical (unpaired) electrons. The summed E-state index contributed by atoms with van der Waals surface area (Å²) < 4.78 is 0. The maximum Gasteiger partial charge on any atom is 0.348 e. The van der Waals surface area contributed by atoms with Crippen LogP contribution in [0.1, 0.15) is 13.3 Å². The molecule has 0 saturated carbocycles. The van der Waals surface area contributed by atoms with E-state index in [0.29, 0.717) is 10.7 Å². The lowest BCUT2D eigenvalue weighted by Gasteiger charge is -2.11. The molecular formula is C11H10ClN3O2. The average molecular weight is 252 g/mol. The quantitative estimate of drug-likeness (QED) is 0.834. The number of nitrogens with zero attached hydrogens (tertiary/aromatic N) is 3. The Morgan fingerprint density at radius 1 is 1.53 bits per heavy atom. The van der Waals surface area contributed by atoms with E-state index in [2.05, 4.69) is 10.2 Å². The topological polar surface area (TPSA) is 85.8 Å². The second-order valence-corrected chi connectivity index (χ2v) is 3.74. The van der Waals surface area contributed by atoms with E-state index in [1.165, 1.54) is 0 Å². The summed E-state index contributed by atoms with van der Waals surface area (Å²) in [4.78, 5) is 11.0. The van der Waals surface area contributed by atoms with Gasteiger partial charge in [-0.3, -0.25) is 0 Å². The molecule has 1 N–H and O–H groups in total. The fourth-order valence-electron chi connectivity index (χ4n) is 1.06. The minimum Gasteiger partial charge on any atom is -0.479 e. The summed E-state index contributed by atoms with van der Waals surface area (Å²) in [5, 5.41) is 25.7. The summed E-state index contributed by atoms with van der Waals surface area (Å²) >= 11 is 5.69. The number of nitriles is 1. The normalized spacial score (nSPS) is 14.2. The van der Waals surface area contributed by atoms with Crippen LogP contribution in [0.4, 0.5) is 5.69 Å². The molecule has 0 saturated heterocycles. The highest BCUT2D eigenvalue weighted by molar-refractivity contribution is 6.30. The van der Waals surface area contributed by atoms with Gasteiger partial charge < -0.3 is 5.11 Å². The van der Waals surface area contributed by atoms with Crippen molar-refractivity contribution in [2.24, 2.45) is 10.2 Å². The highest BCUT2D eigenvalue weighted by Crippen LogP contribution is 2.21. The zero-order chi connectivity index (χ0) is 12.9. The Bertz CT molecular complexity index is 478. The number of carboxylic acid groups (broad SMARTS) is 1. The van der Waals surface area contributed by atoms with Gasteiger partial charge in [-0.2, -0.15) is 15.5 Å². The molecule has 0 spiro atoms. The van der Waals surface area contributed by atoms with Crippen molar-refractivity contribution >= 4 is 23.3 Å². The summed E-state index contributed by atoms with van der Waals surface area (Å²) in [6, 6.07) is 8.05. The molecule has 1 aromatic rings. The van der Waals surface area contributed by atoms with Crippen LogP contribution >= 0.6 is 11.6 Å². The zero-order valence-electron chi connectivity index (χ0n) is 9.09. The number of rotatable bonds is 4. The lowest BCUT2D eigenvalue weighted by atomic mass is 10.0. The maximum atomic E-state index is 11.0. The molecule has 0 fully saturated rings. The molecular weight excluding hydrogens is 242 g/mol. The Balaban J connectivity index is 2.99. The first kappa shape index (κ1) is 13.1. The molecule has 6 heteroatoms. The van der Waals surface area contributed by atoms with Crippen molar-refractivity contribution in [2.75, 3.05) is 0 Å². The predicted octanol–water partition coefficient (Wildman–Crippen LogP) is 3.18. The Kier molecular flexibility index (Phi) is 4.18. The summed E-state index contributed by atoms with van der Waals surface area (Å²) in [5.41, 5.74) is -1.37. The van der Waals surface area contributed by atoms with E-state index >= 15 is 0 Å². The van der Waals surface area contributed by atoms with Gasteiger partial charge in [-0.25, -0.2) is 4.79 Å². The van der Waals surface area contributed by atoms with Gasteiger partial charge in [0.05, 0.1) is 5.69 Å². The fraction of sp³-hybridized carbons (Fsp3) is 0.273. The monoisotopic (exact) mass is 251 g/mol. The van der Waals surface area contributed by atoms with Crippen molar-refractivity contribution < 1.29 is 9.90 Å². The van der Waals surface area contributed by atoms with Gasteiger partial charge in [0.25, 0.3) is 5.54 Å². The summed E-state index contributed by atoms with van der Waals surface area (Å²) in [6.07, 6.45) is 0.0515. The predicted molar refractivity (Wildman–Crippen MR) is 62.2 cm³/mol. The van der Waals surface area contributed by atoms with Gasteiger partial charge in [-0.15, -0.1) is 0 Å². The van der Waals surface area contributed by atoms with E-state index in [-0.39, 0.29) is 6.42 Å². The molecule has 0 heterocycles. The Morgan fingerprint density at radius 3 is 2.53 bits per heavy atom. The molecule has 0 aliphatic heterocycles. The molecule has 88 valence electrons. The Hall–Kier alpha value is -1.93. The first-order valence-electron chi connectivity index (χ1n) is 4.87. The van der Waals surface area contributed by atoms with Gasteiger partial charge in [0.2, 0.25) is 0 Å². The number of hydrogen-bond donors (Lipinski definition) is 1. The third-order valence-electron chi connectivity index (χ3n) is 2.21. The average Bonchev–Trinajstić information content (AvgIpc) is 2.33. The zero-order valence-corrected chi connectivity index (χ0v) is 9.85. The van der Waals surface area contributed by atoms with Crippen LogP contribution in [0.2, 0.25) is 5.02 Å². The molecule has 0 aromatic heterocycles. The number of hydrogen-bond acceptors (Lipinski definition) is 4. The molecule has 1 rings (SSSR count). The number of halogens is 1. The number of carboxylic acids is 1. The number of azo groups is 1. The van der Waals surface area contributed by atoms with E-state index in [9.17, 15) is 4.79 Å². The molecule has 1 aromatic carbocycles. The van der Waals surface area contributed by atoms with Crippen LogP contribution in [0, 0.1) is 11.3 Å². The van der Waals surface area contributed by atoms with Gasteiger partial charge in [0.15, 0.2) is 0 Å². The maximum absolute atomic E-state index is 11.0. The lowest BCUT2D eigenvalue weighted by Crippen LogP contribution is -2.33. The van der Waals surface area contributed by atoms with Crippen molar-refractivity contribution in [2.45, 2.75) is 18.9 Å². The first-order chi connectivity index (χ1) is 8.04. The highest BCUT2D eigenvalue weighted by atomic mass is 35.5. The van der Waals surface area contributed by atoms with Gasteiger partial charge in [-0.1, -0.05) is 18.5 Å².